The number of hydrogen-bond acceptors (Lipinski definition) is 8. The van der Waals surface area contributed by atoms with Crippen molar-refractivity contribution in [3.63, 3.8) is 0 Å². The second-order valence-corrected chi connectivity index (χ2v) is 12.3. The molecule has 1 aliphatic carbocycles. The van der Waals surface area contributed by atoms with Crippen molar-refractivity contribution in [2.45, 2.75) is 117 Å². The van der Waals surface area contributed by atoms with Gasteiger partial charge in [-0.15, -0.1) is 0 Å². The Morgan fingerprint density at radius 2 is 1.12 bits per heavy atom. The Bertz CT molecular complexity index is 1350. The van der Waals surface area contributed by atoms with E-state index in [-0.39, 0.29) is 30.6 Å². The van der Waals surface area contributed by atoms with Crippen molar-refractivity contribution in [2.24, 2.45) is 0 Å². The number of Topliss-reactive ketones (excluding diaryl/α,β-unsaturated/α-hetero) is 1. The van der Waals surface area contributed by atoms with E-state index in [1.165, 1.54) is 57.4 Å². The van der Waals surface area contributed by atoms with Crippen molar-refractivity contribution in [1.29, 1.82) is 0 Å². The smallest absolute Gasteiger partial charge is 0.343 e. The summed E-state index contributed by atoms with van der Waals surface area (Å²) in [6.45, 7) is 4.60. The maximum Gasteiger partial charge on any atom is 0.343 e. The highest BCUT2D eigenvalue weighted by molar-refractivity contribution is 5.91. The normalized spacial score (nSPS) is 12.5. The Labute approximate surface area is 285 Å². The molecule has 0 spiro atoms. The van der Waals surface area contributed by atoms with Gasteiger partial charge in [0, 0.05) is 19.3 Å². The minimum atomic E-state index is -0.458. The highest BCUT2D eigenvalue weighted by Crippen LogP contribution is 2.23. The Morgan fingerprint density at radius 1 is 0.604 bits per heavy atom. The second-order valence-electron chi connectivity index (χ2n) is 12.3. The summed E-state index contributed by atoms with van der Waals surface area (Å²) in [5, 5.41) is 0. The summed E-state index contributed by atoms with van der Waals surface area (Å²) in [6.07, 6.45) is 18.1. The number of aryl methyl sites for hydroxylation is 1. The number of benzene rings is 2. The van der Waals surface area contributed by atoms with Crippen LogP contribution in [0, 0.1) is 0 Å². The summed E-state index contributed by atoms with van der Waals surface area (Å²) in [5.41, 5.74) is 2.17. The molecule has 2 aromatic carbocycles. The van der Waals surface area contributed by atoms with Crippen LogP contribution in [0.1, 0.15) is 136 Å². The number of carbonyl (C=O) groups is 4. The van der Waals surface area contributed by atoms with Crippen LogP contribution < -0.4 is 4.74 Å². The summed E-state index contributed by atoms with van der Waals surface area (Å²) in [4.78, 5) is 47.7. The lowest BCUT2D eigenvalue weighted by Gasteiger charge is -2.15. The summed E-state index contributed by atoms with van der Waals surface area (Å²) in [7, 11) is 0. The largest absolute Gasteiger partial charge is 0.494 e. The fourth-order valence-corrected chi connectivity index (χ4v) is 5.19. The standard InChI is InChI=1S/C40H52O8/c1-3-4-5-6-7-8-11-14-32-16-18-33(19-17-32)39(43)47-36-24-26-37(27-25-36)48-40(44)34-20-22-35(23-21-34)45-29-12-9-10-13-30-46-38(42)28-15-31(2)41/h16-24,26H,3-15,25,27-30H2,1-2H3. The van der Waals surface area contributed by atoms with E-state index in [2.05, 4.69) is 6.92 Å². The number of rotatable bonds is 23. The van der Waals surface area contributed by atoms with Crippen molar-refractivity contribution in [3.05, 3.63) is 88.9 Å². The first-order valence-electron chi connectivity index (χ1n) is 17.6. The fraction of sp³-hybridized carbons (Fsp3) is 0.500. The molecule has 0 fully saturated rings. The number of hydrogen-bond donors (Lipinski definition) is 0. The van der Waals surface area contributed by atoms with Gasteiger partial charge in [0.2, 0.25) is 0 Å². The zero-order valence-electron chi connectivity index (χ0n) is 28.8. The van der Waals surface area contributed by atoms with Crippen molar-refractivity contribution in [2.75, 3.05) is 13.2 Å². The topological polar surface area (TPSA) is 105 Å². The van der Waals surface area contributed by atoms with E-state index in [9.17, 15) is 19.2 Å². The van der Waals surface area contributed by atoms with E-state index in [1.807, 2.05) is 24.3 Å². The van der Waals surface area contributed by atoms with Gasteiger partial charge >= 0.3 is 17.9 Å². The van der Waals surface area contributed by atoms with Crippen molar-refractivity contribution >= 4 is 23.7 Å². The van der Waals surface area contributed by atoms with Crippen LogP contribution in [-0.4, -0.2) is 36.9 Å². The van der Waals surface area contributed by atoms with Gasteiger partial charge in [0.05, 0.1) is 30.8 Å². The molecule has 8 heteroatoms. The first-order chi connectivity index (χ1) is 23.3. The molecule has 0 N–H and O–H groups in total. The maximum atomic E-state index is 12.7. The van der Waals surface area contributed by atoms with Gasteiger partial charge < -0.3 is 23.7 Å². The average Bonchev–Trinajstić information content (AvgIpc) is 3.09. The van der Waals surface area contributed by atoms with Crippen molar-refractivity contribution in [1.82, 2.24) is 0 Å². The summed E-state index contributed by atoms with van der Waals surface area (Å²) < 4.78 is 22.1. The van der Waals surface area contributed by atoms with E-state index in [4.69, 9.17) is 18.9 Å². The third-order valence-electron chi connectivity index (χ3n) is 8.12. The zero-order valence-corrected chi connectivity index (χ0v) is 28.8. The van der Waals surface area contributed by atoms with Crippen LogP contribution in [0.3, 0.4) is 0 Å². The third kappa shape index (κ3) is 15.6. The number of esters is 3. The van der Waals surface area contributed by atoms with E-state index < -0.39 is 5.97 Å². The quantitative estimate of drug-likeness (QED) is 0.0660. The molecule has 260 valence electrons. The molecule has 0 radical (unpaired) electrons. The van der Waals surface area contributed by atoms with Gasteiger partial charge in [-0.05, 0) is 99.6 Å². The van der Waals surface area contributed by atoms with Gasteiger partial charge in [-0.3, -0.25) is 4.79 Å². The summed E-state index contributed by atoms with van der Waals surface area (Å²) >= 11 is 0. The predicted molar refractivity (Wildman–Crippen MR) is 186 cm³/mol. The number of allylic oxidation sites excluding steroid dienone is 4. The maximum absolute atomic E-state index is 12.7. The van der Waals surface area contributed by atoms with Gasteiger partial charge in [0.25, 0.3) is 0 Å². The van der Waals surface area contributed by atoms with Crippen LogP contribution in [0.4, 0.5) is 0 Å². The molecule has 0 atom stereocenters. The molecule has 0 bridgehead atoms. The monoisotopic (exact) mass is 660 g/mol. The van der Waals surface area contributed by atoms with Crippen LogP contribution in [0.25, 0.3) is 0 Å². The zero-order chi connectivity index (χ0) is 34.4. The Kier molecular flexibility index (Phi) is 17.8. The van der Waals surface area contributed by atoms with Gasteiger partial charge in [-0.1, -0.05) is 57.6 Å². The van der Waals surface area contributed by atoms with Crippen LogP contribution >= 0.6 is 0 Å². The number of ketones is 1. The van der Waals surface area contributed by atoms with Gasteiger partial charge in [-0.2, -0.15) is 0 Å². The van der Waals surface area contributed by atoms with Crippen LogP contribution in [-0.2, 0) is 30.2 Å². The lowest BCUT2D eigenvalue weighted by Crippen LogP contribution is -2.10. The number of unbranched alkanes of at least 4 members (excludes halogenated alkanes) is 9. The van der Waals surface area contributed by atoms with E-state index in [1.54, 1.807) is 36.4 Å². The average molecular weight is 661 g/mol. The van der Waals surface area contributed by atoms with Gasteiger partial charge in [0.15, 0.2) is 0 Å². The van der Waals surface area contributed by atoms with E-state index >= 15 is 0 Å². The number of carbonyl (C=O) groups excluding carboxylic acids is 4. The van der Waals surface area contributed by atoms with Gasteiger partial charge in [0.1, 0.15) is 23.1 Å². The minimum Gasteiger partial charge on any atom is -0.494 e. The van der Waals surface area contributed by atoms with Crippen molar-refractivity contribution < 1.29 is 38.1 Å². The van der Waals surface area contributed by atoms with Crippen molar-refractivity contribution in [3.8, 4) is 5.75 Å². The molecular formula is C40H52O8. The molecule has 0 heterocycles. The predicted octanol–water partition coefficient (Wildman–Crippen LogP) is 9.41. The fourth-order valence-electron chi connectivity index (χ4n) is 5.19. The molecule has 0 aromatic heterocycles. The first kappa shape index (κ1) is 38.2. The first-order valence-corrected chi connectivity index (χ1v) is 17.6. The van der Waals surface area contributed by atoms with Crippen LogP contribution in [0.5, 0.6) is 5.75 Å². The number of ether oxygens (including phenoxy) is 4. The van der Waals surface area contributed by atoms with E-state index in [0.29, 0.717) is 54.5 Å². The third-order valence-corrected chi connectivity index (χ3v) is 8.12. The molecule has 48 heavy (non-hydrogen) atoms. The SMILES string of the molecule is CCCCCCCCCc1ccc(C(=O)OC2=CC=C(OC(=O)c3ccc(OCCCCCCOC(=O)CCC(C)=O)cc3)CC2)cc1. The molecule has 3 rings (SSSR count). The molecule has 0 aliphatic heterocycles. The molecule has 1 aliphatic rings. The lowest BCUT2D eigenvalue weighted by molar-refractivity contribution is -0.144. The second kappa shape index (κ2) is 22.4. The Balaban J connectivity index is 1.30. The molecular weight excluding hydrogens is 608 g/mol. The highest BCUT2D eigenvalue weighted by Gasteiger charge is 2.17. The van der Waals surface area contributed by atoms with Crippen LogP contribution in [0.2, 0.25) is 0 Å². The summed E-state index contributed by atoms with van der Waals surface area (Å²) in [6, 6.07) is 14.5. The molecule has 2 aromatic rings. The molecule has 0 saturated carbocycles. The lowest BCUT2D eigenvalue weighted by atomic mass is 10.0. The molecule has 0 saturated heterocycles. The van der Waals surface area contributed by atoms with Gasteiger partial charge in [-0.25, -0.2) is 9.59 Å². The molecule has 8 nitrogen and oxygen atoms in total. The van der Waals surface area contributed by atoms with E-state index in [0.717, 1.165) is 32.1 Å². The van der Waals surface area contributed by atoms with Crippen LogP contribution in [0.15, 0.2) is 72.2 Å². The highest BCUT2D eigenvalue weighted by atomic mass is 16.5. The summed E-state index contributed by atoms with van der Waals surface area (Å²) in [5.74, 6) is 0.531. The molecule has 0 amide bonds. The Morgan fingerprint density at radius 3 is 1.69 bits per heavy atom. The molecule has 0 unspecified atom stereocenters. The Hall–Kier alpha value is -4.20. The minimum absolute atomic E-state index is 0.0156.